The van der Waals surface area contributed by atoms with E-state index < -0.39 is 5.91 Å². The molecule has 156 valence electrons. The maximum Gasteiger partial charge on any atom is 0.307 e. The lowest BCUT2D eigenvalue weighted by Gasteiger charge is -2.15. The highest BCUT2D eigenvalue weighted by Crippen LogP contribution is 2.37. The largest absolute Gasteiger partial charge is 0.490 e. The quantitative estimate of drug-likeness (QED) is 0.293. The standard InChI is InChI=1S/C21H17BrCl2N2O4/c1-2-28-19-9-13(11-25-26-21(27)18-4-3-7-29-18)8-16(22)20(19)30-12-14-5-6-15(23)10-17(14)24/h3-11H,2,12H2,1H3,(H,26,27)/b25-11-. The second kappa shape index (κ2) is 10.5. The van der Waals surface area contributed by atoms with Gasteiger partial charge in [-0.25, -0.2) is 5.43 Å². The van der Waals surface area contributed by atoms with E-state index >= 15 is 0 Å². The summed E-state index contributed by atoms with van der Waals surface area (Å²) in [5.74, 6) is 0.781. The van der Waals surface area contributed by atoms with Crippen LogP contribution in [0.25, 0.3) is 0 Å². The van der Waals surface area contributed by atoms with E-state index in [1.807, 2.05) is 13.0 Å². The average Bonchev–Trinajstić information content (AvgIpc) is 3.24. The van der Waals surface area contributed by atoms with Crippen LogP contribution in [-0.2, 0) is 6.61 Å². The minimum Gasteiger partial charge on any atom is -0.490 e. The second-order valence-electron chi connectivity index (χ2n) is 5.96. The number of ether oxygens (including phenoxy) is 2. The molecule has 2 aromatic carbocycles. The Bertz CT molecular complexity index is 1060. The molecule has 0 saturated carbocycles. The van der Waals surface area contributed by atoms with Crippen LogP contribution >= 0.6 is 39.1 Å². The predicted molar refractivity (Wildman–Crippen MR) is 120 cm³/mol. The van der Waals surface area contributed by atoms with E-state index in [0.717, 1.165) is 5.56 Å². The van der Waals surface area contributed by atoms with E-state index in [1.54, 1.807) is 36.4 Å². The Morgan fingerprint density at radius 2 is 2.07 bits per heavy atom. The molecule has 0 atom stereocenters. The summed E-state index contributed by atoms with van der Waals surface area (Å²) in [5.41, 5.74) is 3.89. The molecule has 0 radical (unpaired) electrons. The number of carbonyl (C=O) groups excluding carboxylic acids is 1. The number of benzene rings is 2. The number of halogens is 3. The molecular formula is C21H17BrCl2N2O4. The first-order chi connectivity index (χ1) is 14.5. The first-order valence-corrected chi connectivity index (χ1v) is 10.4. The van der Waals surface area contributed by atoms with Crippen LogP contribution in [0.2, 0.25) is 10.0 Å². The zero-order valence-corrected chi connectivity index (χ0v) is 18.9. The predicted octanol–water partition coefficient (Wildman–Crippen LogP) is 6.09. The molecule has 1 amide bonds. The van der Waals surface area contributed by atoms with Crippen LogP contribution in [0, 0.1) is 0 Å². The summed E-state index contributed by atoms with van der Waals surface area (Å²) >= 11 is 15.7. The minimum atomic E-state index is -0.444. The van der Waals surface area contributed by atoms with Crippen molar-refractivity contribution in [3.8, 4) is 11.5 Å². The van der Waals surface area contributed by atoms with Crippen LogP contribution in [-0.4, -0.2) is 18.7 Å². The Labute approximate surface area is 191 Å². The zero-order valence-electron chi connectivity index (χ0n) is 15.8. The van der Waals surface area contributed by atoms with Crippen molar-refractivity contribution >= 4 is 51.3 Å². The Morgan fingerprint density at radius 3 is 2.77 bits per heavy atom. The molecule has 1 aromatic heterocycles. The van der Waals surface area contributed by atoms with Gasteiger partial charge >= 0.3 is 5.91 Å². The maximum atomic E-state index is 11.9. The zero-order chi connectivity index (χ0) is 21.5. The molecule has 3 rings (SSSR count). The Hall–Kier alpha value is -2.48. The molecule has 1 N–H and O–H groups in total. The molecule has 9 heteroatoms. The van der Waals surface area contributed by atoms with Crippen molar-refractivity contribution in [1.82, 2.24) is 5.43 Å². The van der Waals surface area contributed by atoms with Gasteiger partial charge in [-0.05, 0) is 64.8 Å². The molecule has 1 heterocycles. The summed E-state index contributed by atoms with van der Waals surface area (Å²) in [6.07, 6.45) is 2.91. The highest BCUT2D eigenvalue weighted by Gasteiger charge is 2.13. The van der Waals surface area contributed by atoms with Crippen LogP contribution < -0.4 is 14.9 Å². The van der Waals surface area contributed by atoms with Gasteiger partial charge in [-0.3, -0.25) is 4.79 Å². The number of hydrogen-bond acceptors (Lipinski definition) is 5. The SMILES string of the molecule is CCOc1cc(/C=N\NC(=O)c2ccco2)cc(Br)c1OCc1ccc(Cl)cc1Cl. The molecule has 0 aliphatic rings. The molecule has 30 heavy (non-hydrogen) atoms. The van der Waals surface area contributed by atoms with E-state index in [9.17, 15) is 4.79 Å². The van der Waals surface area contributed by atoms with Crippen molar-refractivity contribution in [2.45, 2.75) is 13.5 Å². The fourth-order valence-electron chi connectivity index (χ4n) is 2.48. The van der Waals surface area contributed by atoms with Gasteiger partial charge in [-0.1, -0.05) is 29.3 Å². The monoisotopic (exact) mass is 510 g/mol. The van der Waals surface area contributed by atoms with Gasteiger partial charge in [0.25, 0.3) is 0 Å². The fraction of sp³-hybridized carbons (Fsp3) is 0.143. The first kappa shape index (κ1) is 22.2. The number of amides is 1. The summed E-state index contributed by atoms with van der Waals surface area (Å²) in [4.78, 5) is 11.9. The third-order valence-electron chi connectivity index (χ3n) is 3.84. The van der Waals surface area contributed by atoms with Crippen LogP contribution in [0.4, 0.5) is 0 Å². The molecule has 6 nitrogen and oxygen atoms in total. The highest BCUT2D eigenvalue weighted by molar-refractivity contribution is 9.10. The molecule has 0 unspecified atom stereocenters. The molecule has 3 aromatic rings. The van der Waals surface area contributed by atoms with Crippen molar-refractivity contribution in [3.05, 3.63) is 80.1 Å². The fourth-order valence-corrected chi connectivity index (χ4v) is 3.52. The van der Waals surface area contributed by atoms with Gasteiger partial charge in [0.15, 0.2) is 17.3 Å². The molecule has 0 aliphatic heterocycles. The lowest BCUT2D eigenvalue weighted by Crippen LogP contribution is -2.16. The third-order valence-corrected chi connectivity index (χ3v) is 5.02. The molecule has 0 aliphatic carbocycles. The molecule has 0 fully saturated rings. The van der Waals surface area contributed by atoms with Gasteiger partial charge in [0.2, 0.25) is 0 Å². The summed E-state index contributed by atoms with van der Waals surface area (Å²) in [5, 5.41) is 5.03. The smallest absolute Gasteiger partial charge is 0.307 e. The Balaban J connectivity index is 1.74. The van der Waals surface area contributed by atoms with E-state index in [2.05, 4.69) is 26.5 Å². The van der Waals surface area contributed by atoms with E-state index in [1.165, 1.54) is 12.5 Å². The van der Waals surface area contributed by atoms with Crippen LogP contribution in [0.1, 0.15) is 28.6 Å². The van der Waals surface area contributed by atoms with Gasteiger partial charge in [0, 0.05) is 15.6 Å². The van der Waals surface area contributed by atoms with Crippen LogP contribution in [0.15, 0.2) is 62.7 Å². The van der Waals surface area contributed by atoms with Gasteiger partial charge in [-0.15, -0.1) is 0 Å². The number of nitrogens with zero attached hydrogens (tertiary/aromatic N) is 1. The summed E-state index contributed by atoms with van der Waals surface area (Å²) in [6, 6.07) is 12.0. The summed E-state index contributed by atoms with van der Waals surface area (Å²) < 4.78 is 17.3. The number of rotatable bonds is 8. The van der Waals surface area contributed by atoms with Crippen molar-refractivity contribution in [3.63, 3.8) is 0 Å². The number of carbonyl (C=O) groups is 1. The Morgan fingerprint density at radius 1 is 1.23 bits per heavy atom. The number of hydrogen-bond donors (Lipinski definition) is 1. The van der Waals surface area contributed by atoms with E-state index in [4.69, 9.17) is 37.1 Å². The van der Waals surface area contributed by atoms with Crippen LogP contribution in [0.3, 0.4) is 0 Å². The molecule has 0 saturated heterocycles. The molecule has 0 spiro atoms. The second-order valence-corrected chi connectivity index (χ2v) is 7.66. The average molecular weight is 512 g/mol. The third kappa shape index (κ3) is 5.78. The highest BCUT2D eigenvalue weighted by atomic mass is 79.9. The van der Waals surface area contributed by atoms with E-state index in [0.29, 0.717) is 38.2 Å². The van der Waals surface area contributed by atoms with Crippen molar-refractivity contribution in [2.75, 3.05) is 6.61 Å². The van der Waals surface area contributed by atoms with Crippen molar-refractivity contribution in [2.24, 2.45) is 5.10 Å². The number of nitrogens with one attached hydrogen (secondary N) is 1. The maximum absolute atomic E-state index is 11.9. The van der Waals surface area contributed by atoms with Crippen molar-refractivity contribution in [1.29, 1.82) is 0 Å². The van der Waals surface area contributed by atoms with Gasteiger partial charge in [0.1, 0.15) is 6.61 Å². The Kier molecular flexibility index (Phi) is 7.79. The summed E-state index contributed by atoms with van der Waals surface area (Å²) in [6.45, 7) is 2.56. The minimum absolute atomic E-state index is 0.174. The van der Waals surface area contributed by atoms with Gasteiger partial charge in [0.05, 0.1) is 23.6 Å². The molecular weight excluding hydrogens is 495 g/mol. The van der Waals surface area contributed by atoms with Gasteiger partial charge in [-0.2, -0.15) is 5.10 Å². The number of hydrazone groups is 1. The van der Waals surface area contributed by atoms with Crippen LogP contribution in [0.5, 0.6) is 11.5 Å². The lowest BCUT2D eigenvalue weighted by atomic mass is 10.2. The molecule has 0 bridgehead atoms. The lowest BCUT2D eigenvalue weighted by molar-refractivity contribution is 0.0927. The normalized spacial score (nSPS) is 10.9. The summed E-state index contributed by atoms with van der Waals surface area (Å²) in [7, 11) is 0. The van der Waals surface area contributed by atoms with E-state index in [-0.39, 0.29) is 12.4 Å². The van der Waals surface area contributed by atoms with Crippen molar-refractivity contribution < 1.29 is 18.7 Å². The topological polar surface area (TPSA) is 73.1 Å². The first-order valence-electron chi connectivity index (χ1n) is 8.88. The van der Waals surface area contributed by atoms with Gasteiger partial charge < -0.3 is 13.9 Å². The number of furan rings is 1.